The molecule has 0 aliphatic carbocycles. The highest BCUT2D eigenvalue weighted by atomic mass is 32.1. The van der Waals surface area contributed by atoms with Crippen molar-refractivity contribution in [2.24, 2.45) is 0 Å². The number of imidazole rings is 1. The maximum Gasteiger partial charge on any atom is 0.232 e. The quantitative estimate of drug-likeness (QED) is 0.453. The molecule has 0 saturated carbocycles. The summed E-state index contributed by atoms with van der Waals surface area (Å²) in [4.78, 5) is 20.4. The third kappa shape index (κ3) is 3.58. The molecule has 4 nitrogen and oxygen atoms in total. The lowest BCUT2D eigenvalue weighted by Gasteiger charge is -2.20. The number of aromatic nitrogens is 2. The van der Waals surface area contributed by atoms with Crippen molar-refractivity contribution in [3.05, 3.63) is 77.4 Å². The summed E-state index contributed by atoms with van der Waals surface area (Å²) in [6.07, 6.45) is 3.42. The van der Waals surface area contributed by atoms with Gasteiger partial charge in [0.25, 0.3) is 0 Å². The van der Waals surface area contributed by atoms with Crippen LogP contribution in [0.5, 0.6) is 0 Å². The largest absolute Gasteiger partial charge is 0.312 e. The first-order valence-electron chi connectivity index (χ1n) is 9.59. The minimum absolute atomic E-state index is 0.0935. The first kappa shape index (κ1) is 18.4. The Hall–Kier alpha value is -2.92. The van der Waals surface area contributed by atoms with E-state index in [0.717, 1.165) is 34.0 Å². The van der Waals surface area contributed by atoms with E-state index in [4.69, 9.17) is 4.98 Å². The molecule has 0 atom stereocenters. The van der Waals surface area contributed by atoms with Crippen molar-refractivity contribution < 1.29 is 4.79 Å². The van der Waals surface area contributed by atoms with E-state index in [9.17, 15) is 4.79 Å². The molecular formula is C23H23N3OS. The molecule has 0 radical (unpaired) electrons. The summed E-state index contributed by atoms with van der Waals surface area (Å²) >= 11 is 1.58. The zero-order chi connectivity index (χ0) is 19.5. The van der Waals surface area contributed by atoms with Crippen LogP contribution in [0.15, 0.2) is 66.2 Å². The van der Waals surface area contributed by atoms with E-state index >= 15 is 0 Å². The lowest BCUT2D eigenvalue weighted by atomic mass is 10.1. The SMILES string of the molecule is CCc1ccc(-c2cn3c(CC(=O)N(CC)c4ccccc4)csc3n2)cc1. The first-order valence-corrected chi connectivity index (χ1v) is 10.5. The first-order chi connectivity index (χ1) is 13.7. The second kappa shape index (κ2) is 7.98. The molecule has 0 N–H and O–H groups in total. The highest BCUT2D eigenvalue weighted by molar-refractivity contribution is 7.15. The van der Waals surface area contributed by atoms with Crippen LogP contribution in [0.4, 0.5) is 5.69 Å². The molecule has 0 bridgehead atoms. The molecule has 5 heteroatoms. The topological polar surface area (TPSA) is 37.6 Å². The molecule has 4 aromatic rings. The van der Waals surface area contributed by atoms with Gasteiger partial charge in [-0.3, -0.25) is 9.20 Å². The average Bonchev–Trinajstić information content (AvgIpc) is 3.31. The Labute approximate surface area is 169 Å². The second-order valence-electron chi connectivity index (χ2n) is 6.71. The molecule has 0 fully saturated rings. The molecule has 0 aliphatic rings. The summed E-state index contributed by atoms with van der Waals surface area (Å²) in [7, 11) is 0. The summed E-state index contributed by atoms with van der Waals surface area (Å²) in [5.41, 5.74) is 5.27. The number of hydrogen-bond donors (Lipinski definition) is 0. The van der Waals surface area contributed by atoms with Crippen LogP contribution in [-0.4, -0.2) is 21.8 Å². The number of rotatable bonds is 6. The molecule has 0 saturated heterocycles. The van der Waals surface area contributed by atoms with Crippen molar-refractivity contribution in [3.63, 3.8) is 0 Å². The van der Waals surface area contributed by atoms with Gasteiger partial charge in [-0.15, -0.1) is 11.3 Å². The minimum atomic E-state index is 0.0935. The molecule has 28 heavy (non-hydrogen) atoms. The van der Waals surface area contributed by atoms with E-state index < -0.39 is 0 Å². The zero-order valence-electron chi connectivity index (χ0n) is 16.1. The Balaban J connectivity index is 1.59. The number of fused-ring (bicyclic) bond motifs is 1. The van der Waals surface area contributed by atoms with Crippen LogP contribution in [-0.2, 0) is 17.6 Å². The van der Waals surface area contributed by atoms with Gasteiger partial charge in [0.2, 0.25) is 5.91 Å². The Morgan fingerprint density at radius 1 is 1.07 bits per heavy atom. The Morgan fingerprint density at radius 3 is 2.50 bits per heavy atom. The van der Waals surface area contributed by atoms with Gasteiger partial charge in [-0.2, -0.15) is 0 Å². The number of amides is 1. The number of nitrogens with zero attached hydrogens (tertiary/aromatic N) is 3. The van der Waals surface area contributed by atoms with E-state index in [1.165, 1.54) is 5.56 Å². The van der Waals surface area contributed by atoms with Gasteiger partial charge in [0.05, 0.1) is 12.1 Å². The van der Waals surface area contributed by atoms with Crippen LogP contribution in [0.3, 0.4) is 0 Å². The van der Waals surface area contributed by atoms with Crippen molar-refractivity contribution >= 4 is 27.9 Å². The highest BCUT2D eigenvalue weighted by Gasteiger charge is 2.17. The Kier molecular flexibility index (Phi) is 5.26. The fourth-order valence-corrected chi connectivity index (χ4v) is 4.24. The van der Waals surface area contributed by atoms with Crippen LogP contribution >= 0.6 is 11.3 Å². The number of carbonyl (C=O) groups excluding carboxylic acids is 1. The lowest BCUT2D eigenvalue weighted by molar-refractivity contribution is -0.118. The molecule has 0 unspecified atom stereocenters. The molecular weight excluding hydrogens is 366 g/mol. The number of para-hydroxylation sites is 1. The van der Waals surface area contributed by atoms with E-state index in [2.05, 4.69) is 31.2 Å². The van der Waals surface area contributed by atoms with Gasteiger partial charge in [-0.05, 0) is 31.0 Å². The predicted octanol–water partition coefficient (Wildman–Crippen LogP) is 5.22. The van der Waals surface area contributed by atoms with Crippen molar-refractivity contribution in [1.82, 2.24) is 9.38 Å². The molecule has 0 spiro atoms. The Bertz CT molecular complexity index is 1080. The lowest BCUT2D eigenvalue weighted by Crippen LogP contribution is -2.32. The molecule has 1 amide bonds. The number of likely N-dealkylation sites (N-methyl/N-ethyl adjacent to an activating group) is 1. The van der Waals surface area contributed by atoms with Gasteiger partial charge in [-0.1, -0.05) is 49.4 Å². The number of aryl methyl sites for hydroxylation is 1. The van der Waals surface area contributed by atoms with Gasteiger partial charge >= 0.3 is 0 Å². The van der Waals surface area contributed by atoms with Crippen LogP contribution in [0.2, 0.25) is 0 Å². The molecule has 2 heterocycles. The third-order valence-corrected chi connectivity index (χ3v) is 5.85. The van der Waals surface area contributed by atoms with E-state index in [1.807, 2.05) is 58.1 Å². The van der Waals surface area contributed by atoms with Crippen molar-refractivity contribution in [1.29, 1.82) is 0 Å². The van der Waals surface area contributed by atoms with Crippen LogP contribution in [0.1, 0.15) is 25.1 Å². The maximum atomic E-state index is 12.9. The van der Waals surface area contributed by atoms with Gasteiger partial charge in [0, 0.05) is 35.1 Å². The minimum Gasteiger partial charge on any atom is -0.312 e. The number of hydrogen-bond acceptors (Lipinski definition) is 3. The number of anilines is 1. The molecule has 142 valence electrons. The van der Waals surface area contributed by atoms with Crippen LogP contribution in [0.25, 0.3) is 16.2 Å². The maximum absolute atomic E-state index is 12.9. The molecule has 0 aliphatic heterocycles. The molecule has 2 aromatic heterocycles. The predicted molar refractivity (Wildman–Crippen MR) is 116 cm³/mol. The average molecular weight is 390 g/mol. The van der Waals surface area contributed by atoms with Gasteiger partial charge in [-0.25, -0.2) is 4.98 Å². The summed E-state index contributed by atoms with van der Waals surface area (Å²) < 4.78 is 2.05. The van der Waals surface area contributed by atoms with Crippen molar-refractivity contribution in [2.75, 3.05) is 11.4 Å². The highest BCUT2D eigenvalue weighted by Crippen LogP contribution is 2.25. The van der Waals surface area contributed by atoms with Gasteiger partial charge in [0.1, 0.15) is 0 Å². The van der Waals surface area contributed by atoms with E-state index in [1.54, 1.807) is 11.3 Å². The summed E-state index contributed by atoms with van der Waals surface area (Å²) in [5, 5.41) is 2.03. The number of benzene rings is 2. The van der Waals surface area contributed by atoms with E-state index in [-0.39, 0.29) is 5.91 Å². The van der Waals surface area contributed by atoms with Gasteiger partial charge in [0.15, 0.2) is 4.96 Å². The van der Waals surface area contributed by atoms with Crippen molar-refractivity contribution in [3.8, 4) is 11.3 Å². The smallest absolute Gasteiger partial charge is 0.232 e. The summed E-state index contributed by atoms with van der Waals surface area (Å²) in [5.74, 6) is 0.0935. The standard InChI is InChI=1S/C23H23N3OS/c1-3-17-10-12-18(13-11-17)21-15-26-20(16-28-23(26)24-21)14-22(27)25(4-2)19-8-6-5-7-9-19/h5-13,15-16H,3-4,14H2,1-2H3. The normalized spacial score (nSPS) is 11.1. The summed E-state index contributed by atoms with van der Waals surface area (Å²) in [6.45, 7) is 4.80. The van der Waals surface area contributed by atoms with Crippen LogP contribution in [0, 0.1) is 0 Å². The number of thiazole rings is 1. The van der Waals surface area contributed by atoms with Crippen molar-refractivity contribution in [2.45, 2.75) is 26.7 Å². The van der Waals surface area contributed by atoms with Crippen LogP contribution < -0.4 is 4.90 Å². The zero-order valence-corrected chi connectivity index (χ0v) is 16.9. The fourth-order valence-electron chi connectivity index (χ4n) is 3.37. The summed E-state index contributed by atoms with van der Waals surface area (Å²) in [6, 6.07) is 18.3. The monoisotopic (exact) mass is 389 g/mol. The second-order valence-corrected chi connectivity index (χ2v) is 7.54. The Morgan fingerprint density at radius 2 is 1.82 bits per heavy atom. The molecule has 4 rings (SSSR count). The van der Waals surface area contributed by atoms with Gasteiger partial charge < -0.3 is 4.90 Å². The van der Waals surface area contributed by atoms with E-state index in [0.29, 0.717) is 13.0 Å². The fraction of sp³-hybridized carbons (Fsp3) is 0.217. The molecule has 2 aromatic carbocycles. The third-order valence-electron chi connectivity index (χ3n) is 4.96. The number of carbonyl (C=O) groups is 1.